The lowest BCUT2D eigenvalue weighted by Gasteiger charge is -2.33. The van der Waals surface area contributed by atoms with Crippen molar-refractivity contribution in [1.82, 2.24) is 9.69 Å². The zero-order chi connectivity index (χ0) is 25.8. The summed E-state index contributed by atoms with van der Waals surface area (Å²) < 4.78 is 17.8. The van der Waals surface area contributed by atoms with Gasteiger partial charge in [-0.25, -0.2) is 4.39 Å². The van der Waals surface area contributed by atoms with Gasteiger partial charge in [0.25, 0.3) is 11.8 Å². The van der Waals surface area contributed by atoms with Crippen LogP contribution in [-0.4, -0.2) is 28.1 Å². The molecule has 1 atom stereocenters. The van der Waals surface area contributed by atoms with Gasteiger partial charge >= 0.3 is 0 Å². The van der Waals surface area contributed by atoms with Gasteiger partial charge in [-0.15, -0.1) is 0 Å². The molecule has 188 valence electrons. The van der Waals surface area contributed by atoms with Crippen LogP contribution < -0.4 is 21.7 Å². The van der Waals surface area contributed by atoms with Gasteiger partial charge < -0.3 is 16.8 Å². The zero-order valence-corrected chi connectivity index (χ0v) is 20.7. The van der Waals surface area contributed by atoms with Gasteiger partial charge in [0.05, 0.1) is 5.69 Å². The average Bonchev–Trinajstić information content (AvgIpc) is 3.25. The summed E-state index contributed by atoms with van der Waals surface area (Å²) in [5, 5.41) is 3.10. The Morgan fingerprint density at radius 3 is 2.42 bits per heavy atom. The lowest BCUT2D eigenvalue weighted by Crippen LogP contribution is -2.47. The van der Waals surface area contributed by atoms with Crippen molar-refractivity contribution in [2.75, 3.05) is 10.6 Å². The molecule has 1 saturated carbocycles. The molecule has 1 fully saturated rings. The van der Waals surface area contributed by atoms with Crippen molar-refractivity contribution < 1.29 is 18.8 Å². The van der Waals surface area contributed by atoms with Crippen molar-refractivity contribution in [2.45, 2.75) is 51.1 Å². The number of carbonyl (C=O) groups is 3. The van der Waals surface area contributed by atoms with Crippen LogP contribution in [-0.2, 0) is 4.79 Å². The first-order valence-corrected chi connectivity index (χ1v) is 12.5. The van der Waals surface area contributed by atoms with Gasteiger partial charge in [-0.05, 0) is 66.7 Å². The molecular weight excluding hydrogens is 481 g/mol. The highest BCUT2D eigenvalue weighted by atomic mass is 32.1. The minimum atomic E-state index is -1.12. The molecule has 3 aromatic rings. The fourth-order valence-electron chi connectivity index (χ4n) is 4.49. The average molecular weight is 510 g/mol. The molecule has 1 aliphatic carbocycles. The minimum Gasteiger partial charge on any atom is -0.395 e. The van der Waals surface area contributed by atoms with E-state index in [4.69, 9.17) is 11.5 Å². The highest BCUT2D eigenvalue weighted by Crippen LogP contribution is 2.34. The molecule has 4 rings (SSSR count). The molecule has 10 heteroatoms. The predicted octanol–water partition coefficient (Wildman–Crippen LogP) is 4.11. The number of anilines is 2. The number of hydrogen-bond acceptors (Lipinski definition) is 6. The quantitative estimate of drug-likeness (QED) is 0.441. The Morgan fingerprint density at radius 1 is 1.11 bits per heavy atom. The molecule has 1 aromatic heterocycles. The van der Waals surface area contributed by atoms with E-state index in [1.54, 1.807) is 18.2 Å². The highest BCUT2D eigenvalue weighted by molar-refractivity contribution is 7.09. The second kappa shape index (κ2) is 10.9. The number of carbonyl (C=O) groups excluding carboxylic acids is 3. The number of benzene rings is 2. The Labute approximate surface area is 212 Å². The van der Waals surface area contributed by atoms with Gasteiger partial charge in [0, 0.05) is 11.7 Å². The van der Waals surface area contributed by atoms with Crippen molar-refractivity contribution in [3.05, 3.63) is 76.0 Å². The molecule has 5 N–H and O–H groups in total. The number of nitrogens with two attached hydrogens (primary N) is 2. The molecule has 0 aliphatic heterocycles. The fourth-order valence-corrected chi connectivity index (χ4v) is 5.23. The third-order valence-electron chi connectivity index (χ3n) is 6.30. The van der Waals surface area contributed by atoms with E-state index >= 15 is 0 Å². The Bertz CT molecular complexity index is 1270. The lowest BCUT2D eigenvalue weighted by atomic mass is 9.94. The van der Waals surface area contributed by atoms with Crippen molar-refractivity contribution in [3.63, 3.8) is 0 Å². The predicted molar refractivity (Wildman–Crippen MR) is 137 cm³/mol. The largest absolute Gasteiger partial charge is 0.395 e. The summed E-state index contributed by atoms with van der Waals surface area (Å²) in [5.74, 6) is -2.32. The van der Waals surface area contributed by atoms with Crippen molar-refractivity contribution in [1.29, 1.82) is 0 Å². The topological polar surface area (TPSA) is 131 Å². The first kappa shape index (κ1) is 25.3. The smallest absolute Gasteiger partial charge is 0.273 e. The molecule has 36 heavy (non-hydrogen) atoms. The summed E-state index contributed by atoms with van der Waals surface area (Å²) in [7, 11) is 0. The first-order valence-electron chi connectivity index (χ1n) is 11.8. The number of halogens is 1. The maximum absolute atomic E-state index is 14.0. The van der Waals surface area contributed by atoms with Gasteiger partial charge in [-0.1, -0.05) is 43.5 Å². The van der Waals surface area contributed by atoms with Crippen molar-refractivity contribution in [3.8, 4) is 0 Å². The molecule has 0 unspecified atom stereocenters. The van der Waals surface area contributed by atoms with Gasteiger partial charge in [-0.2, -0.15) is 4.37 Å². The van der Waals surface area contributed by atoms with E-state index in [0.717, 1.165) is 49.2 Å². The number of nitrogens with zero attached hydrogens (tertiary/aromatic N) is 2. The van der Waals surface area contributed by atoms with Crippen molar-refractivity contribution in [2.24, 2.45) is 5.73 Å². The molecular formula is C26H28FN5O3S. The Kier molecular flexibility index (Phi) is 7.64. The van der Waals surface area contributed by atoms with Gasteiger partial charge in [-0.3, -0.25) is 19.3 Å². The molecule has 2 aromatic carbocycles. The van der Waals surface area contributed by atoms with Crippen LogP contribution in [0.5, 0.6) is 0 Å². The summed E-state index contributed by atoms with van der Waals surface area (Å²) in [4.78, 5) is 40.9. The highest BCUT2D eigenvalue weighted by Gasteiger charge is 2.37. The van der Waals surface area contributed by atoms with Gasteiger partial charge in [0.15, 0.2) is 5.69 Å². The Balaban J connectivity index is 1.84. The molecule has 0 bridgehead atoms. The van der Waals surface area contributed by atoms with Crippen LogP contribution in [0.25, 0.3) is 0 Å². The van der Waals surface area contributed by atoms with Crippen LogP contribution >= 0.6 is 11.5 Å². The number of amides is 3. The summed E-state index contributed by atoms with van der Waals surface area (Å²) in [5.41, 5.74) is 12.8. The third-order valence-corrected chi connectivity index (χ3v) is 7.15. The Hall–Kier alpha value is -3.79. The number of nitrogens with one attached hydrogen (secondary N) is 1. The molecule has 0 spiro atoms. The molecule has 1 heterocycles. The normalized spacial score (nSPS) is 14.7. The standard InChI is InChI=1S/C26H28FN5O3S/c1-15-6-5-9-19(14-15)32(26(35)23-20(28)21(24(29)33)31-36-23)22(16-10-12-17(27)13-11-16)25(34)30-18-7-3-2-4-8-18/h5-6,9-14,18,22H,2-4,7-8,28H2,1H3,(H2,29,33)(H,30,34)/t22-/m0/s1. The number of primary amides is 1. The molecule has 1 aliphatic rings. The van der Waals surface area contributed by atoms with Crippen LogP contribution in [0.2, 0.25) is 0 Å². The molecule has 0 saturated heterocycles. The fraction of sp³-hybridized carbons (Fsp3) is 0.308. The van der Waals surface area contributed by atoms with E-state index in [0.29, 0.717) is 11.3 Å². The maximum atomic E-state index is 14.0. The van der Waals surface area contributed by atoms with Crippen molar-refractivity contribution >= 4 is 40.6 Å². The summed E-state index contributed by atoms with van der Waals surface area (Å²) in [6.45, 7) is 1.87. The number of hydrogen-bond donors (Lipinski definition) is 3. The minimum absolute atomic E-state index is 0.0112. The second-order valence-corrected chi connectivity index (χ2v) is 9.72. The zero-order valence-electron chi connectivity index (χ0n) is 19.9. The van der Waals surface area contributed by atoms with E-state index in [1.807, 2.05) is 13.0 Å². The summed E-state index contributed by atoms with van der Waals surface area (Å²) in [6, 6.07) is 11.5. The molecule has 8 nitrogen and oxygen atoms in total. The number of rotatable bonds is 7. The first-order chi connectivity index (χ1) is 17.3. The SMILES string of the molecule is Cc1cccc(N(C(=O)c2snc(C(N)=O)c2N)[C@H](C(=O)NC2CCCCC2)c2ccc(F)cc2)c1. The maximum Gasteiger partial charge on any atom is 0.273 e. The second-order valence-electron chi connectivity index (χ2n) is 8.95. The van der Waals surface area contributed by atoms with Crippen LogP contribution in [0, 0.1) is 12.7 Å². The van der Waals surface area contributed by atoms with Gasteiger partial charge in [0.1, 0.15) is 16.7 Å². The van der Waals surface area contributed by atoms with Gasteiger partial charge in [0.2, 0.25) is 5.91 Å². The van der Waals surface area contributed by atoms with E-state index < -0.39 is 23.7 Å². The van der Waals surface area contributed by atoms with E-state index in [9.17, 15) is 18.8 Å². The molecule has 3 amide bonds. The number of aryl methyl sites for hydroxylation is 1. The molecule has 0 radical (unpaired) electrons. The van der Waals surface area contributed by atoms with Crippen LogP contribution in [0.3, 0.4) is 0 Å². The number of nitrogen functional groups attached to an aromatic ring is 1. The van der Waals surface area contributed by atoms with Crippen LogP contribution in [0.1, 0.15) is 69.4 Å². The monoisotopic (exact) mass is 509 g/mol. The van der Waals surface area contributed by atoms with E-state index in [1.165, 1.54) is 29.2 Å². The number of aromatic nitrogens is 1. The third kappa shape index (κ3) is 5.38. The van der Waals surface area contributed by atoms with E-state index in [-0.39, 0.29) is 28.2 Å². The van der Waals surface area contributed by atoms with Crippen LogP contribution in [0.15, 0.2) is 48.5 Å². The van der Waals surface area contributed by atoms with E-state index in [2.05, 4.69) is 9.69 Å². The Morgan fingerprint density at radius 2 is 1.81 bits per heavy atom. The summed E-state index contributed by atoms with van der Waals surface area (Å²) >= 11 is 0.743. The summed E-state index contributed by atoms with van der Waals surface area (Å²) in [6.07, 6.45) is 4.85. The van der Waals surface area contributed by atoms with Crippen LogP contribution in [0.4, 0.5) is 15.8 Å². The lowest BCUT2D eigenvalue weighted by molar-refractivity contribution is -0.123.